The van der Waals surface area contributed by atoms with Gasteiger partial charge in [-0.1, -0.05) is 6.92 Å². The van der Waals surface area contributed by atoms with Crippen LogP contribution in [0.2, 0.25) is 0 Å². The van der Waals surface area contributed by atoms with Gasteiger partial charge in [-0.2, -0.15) is 0 Å². The van der Waals surface area contributed by atoms with Crippen molar-refractivity contribution in [2.24, 2.45) is 0 Å². The molecular weight excluding hydrogens is 220 g/mol. The predicted molar refractivity (Wildman–Crippen MR) is 66.2 cm³/mol. The normalized spacial score (nSPS) is 18.4. The lowest BCUT2D eigenvalue weighted by Crippen LogP contribution is -2.47. The Morgan fingerprint density at radius 2 is 1.71 bits per heavy atom. The molecule has 1 heterocycles. The Morgan fingerprint density at radius 3 is 2.24 bits per heavy atom. The Morgan fingerprint density at radius 1 is 1.12 bits per heavy atom. The first-order valence-corrected chi connectivity index (χ1v) is 6.46. The van der Waals surface area contributed by atoms with Crippen LogP contribution >= 0.6 is 0 Å². The van der Waals surface area contributed by atoms with E-state index in [1.54, 1.807) is 0 Å². The van der Waals surface area contributed by atoms with Crippen LogP contribution < -0.4 is 0 Å². The Balaban J connectivity index is 2.03. The summed E-state index contributed by atoms with van der Waals surface area (Å²) in [6, 6.07) is 0. The molecule has 0 saturated carbocycles. The minimum Gasteiger partial charge on any atom is -0.481 e. The van der Waals surface area contributed by atoms with Gasteiger partial charge >= 0.3 is 5.97 Å². The van der Waals surface area contributed by atoms with E-state index in [1.807, 2.05) is 0 Å². The highest BCUT2D eigenvalue weighted by Crippen LogP contribution is 2.02. The van der Waals surface area contributed by atoms with Gasteiger partial charge in [0.1, 0.15) is 0 Å². The summed E-state index contributed by atoms with van der Waals surface area (Å²) in [6.45, 7) is 9.43. The number of rotatable bonds is 8. The smallest absolute Gasteiger partial charge is 0.304 e. The second kappa shape index (κ2) is 8.44. The molecule has 0 unspecified atom stereocenters. The molecule has 0 bridgehead atoms. The van der Waals surface area contributed by atoms with Crippen molar-refractivity contribution in [3.8, 4) is 0 Å². The Bertz CT molecular complexity index is 216. The molecule has 5 heteroatoms. The van der Waals surface area contributed by atoms with Gasteiger partial charge in [0.25, 0.3) is 0 Å². The van der Waals surface area contributed by atoms with Crippen LogP contribution in [0.3, 0.4) is 0 Å². The van der Waals surface area contributed by atoms with E-state index in [9.17, 15) is 4.79 Å². The molecule has 0 spiro atoms. The SMILES string of the molecule is CCCOCCN1CCN(CCC(=O)O)CC1. The first kappa shape index (κ1) is 14.4. The van der Waals surface area contributed by atoms with Crippen LogP contribution in [0.25, 0.3) is 0 Å². The second-order valence-corrected chi connectivity index (χ2v) is 4.44. The molecule has 1 aliphatic heterocycles. The fraction of sp³-hybridized carbons (Fsp3) is 0.917. The molecule has 17 heavy (non-hydrogen) atoms. The number of carbonyl (C=O) groups is 1. The Labute approximate surface area is 103 Å². The highest BCUT2D eigenvalue weighted by molar-refractivity contribution is 5.66. The minimum absolute atomic E-state index is 0.250. The second-order valence-electron chi connectivity index (χ2n) is 4.44. The van der Waals surface area contributed by atoms with E-state index in [2.05, 4.69) is 16.7 Å². The third kappa shape index (κ3) is 6.61. The maximum absolute atomic E-state index is 10.5. The van der Waals surface area contributed by atoms with Crippen molar-refractivity contribution in [2.45, 2.75) is 19.8 Å². The first-order chi connectivity index (χ1) is 8.22. The van der Waals surface area contributed by atoms with Crippen molar-refractivity contribution in [1.29, 1.82) is 0 Å². The maximum atomic E-state index is 10.5. The van der Waals surface area contributed by atoms with Gasteiger partial charge < -0.3 is 14.7 Å². The fourth-order valence-corrected chi connectivity index (χ4v) is 1.93. The number of carboxylic acids is 1. The summed E-state index contributed by atoms with van der Waals surface area (Å²) in [7, 11) is 0. The molecule has 5 nitrogen and oxygen atoms in total. The van der Waals surface area contributed by atoms with Crippen LogP contribution in [0.1, 0.15) is 19.8 Å². The van der Waals surface area contributed by atoms with E-state index in [0.717, 1.165) is 52.4 Å². The van der Waals surface area contributed by atoms with Gasteiger partial charge in [0.05, 0.1) is 13.0 Å². The first-order valence-electron chi connectivity index (χ1n) is 6.46. The van der Waals surface area contributed by atoms with Crippen molar-refractivity contribution >= 4 is 5.97 Å². The topological polar surface area (TPSA) is 53.0 Å². The molecule has 0 atom stereocenters. The van der Waals surface area contributed by atoms with E-state index in [0.29, 0.717) is 6.54 Å². The fourth-order valence-electron chi connectivity index (χ4n) is 1.93. The zero-order valence-electron chi connectivity index (χ0n) is 10.7. The molecule has 1 N–H and O–H groups in total. The van der Waals surface area contributed by atoms with E-state index < -0.39 is 5.97 Å². The average molecular weight is 244 g/mol. The van der Waals surface area contributed by atoms with Gasteiger partial charge in [0.15, 0.2) is 0 Å². The molecular formula is C12H24N2O3. The summed E-state index contributed by atoms with van der Waals surface area (Å²) >= 11 is 0. The molecule has 0 aromatic rings. The molecule has 100 valence electrons. The zero-order valence-corrected chi connectivity index (χ0v) is 10.7. The van der Waals surface area contributed by atoms with Gasteiger partial charge in [0.2, 0.25) is 0 Å². The van der Waals surface area contributed by atoms with Crippen molar-refractivity contribution in [3.63, 3.8) is 0 Å². The van der Waals surface area contributed by atoms with Crippen LogP contribution in [0.15, 0.2) is 0 Å². The summed E-state index contributed by atoms with van der Waals surface area (Å²) in [5.74, 6) is -0.708. The van der Waals surface area contributed by atoms with Gasteiger partial charge in [-0.25, -0.2) is 0 Å². The van der Waals surface area contributed by atoms with Crippen LogP contribution in [-0.2, 0) is 9.53 Å². The zero-order chi connectivity index (χ0) is 12.5. The van der Waals surface area contributed by atoms with Gasteiger partial charge in [-0.3, -0.25) is 9.69 Å². The van der Waals surface area contributed by atoms with Crippen molar-refractivity contribution in [1.82, 2.24) is 9.80 Å². The Kier molecular flexibility index (Phi) is 7.16. The van der Waals surface area contributed by atoms with Crippen LogP contribution in [-0.4, -0.2) is 73.4 Å². The summed E-state index contributed by atoms with van der Waals surface area (Å²) in [5.41, 5.74) is 0. The summed E-state index contributed by atoms with van der Waals surface area (Å²) in [6.07, 6.45) is 1.32. The highest BCUT2D eigenvalue weighted by Gasteiger charge is 2.16. The quantitative estimate of drug-likeness (QED) is 0.630. The molecule has 1 fully saturated rings. The number of hydrogen-bond donors (Lipinski definition) is 1. The van der Waals surface area contributed by atoms with Gasteiger partial charge in [0, 0.05) is 45.9 Å². The number of piperazine rings is 1. The third-order valence-electron chi connectivity index (χ3n) is 3.01. The summed E-state index contributed by atoms with van der Waals surface area (Å²) in [5, 5.41) is 8.61. The number of carboxylic acid groups (broad SMARTS) is 1. The van der Waals surface area contributed by atoms with E-state index in [1.165, 1.54) is 0 Å². The lowest BCUT2D eigenvalue weighted by atomic mass is 10.3. The monoisotopic (exact) mass is 244 g/mol. The maximum Gasteiger partial charge on any atom is 0.304 e. The summed E-state index contributed by atoms with van der Waals surface area (Å²) < 4.78 is 5.46. The van der Waals surface area contributed by atoms with E-state index in [-0.39, 0.29) is 6.42 Å². The van der Waals surface area contributed by atoms with Crippen molar-refractivity contribution in [2.75, 3.05) is 52.5 Å². The molecule has 0 aromatic heterocycles. The Hall–Kier alpha value is -0.650. The molecule has 1 rings (SSSR count). The van der Waals surface area contributed by atoms with Crippen molar-refractivity contribution in [3.05, 3.63) is 0 Å². The summed E-state index contributed by atoms with van der Waals surface area (Å²) in [4.78, 5) is 15.1. The molecule has 0 amide bonds. The van der Waals surface area contributed by atoms with Gasteiger partial charge in [-0.15, -0.1) is 0 Å². The molecule has 0 aromatic carbocycles. The standard InChI is InChI=1S/C12H24N2O3/c1-2-10-17-11-9-14-7-5-13(6-8-14)4-3-12(15)16/h2-11H2,1H3,(H,15,16). The molecule has 1 saturated heterocycles. The number of nitrogens with zero attached hydrogens (tertiary/aromatic N) is 2. The lowest BCUT2D eigenvalue weighted by molar-refractivity contribution is -0.137. The molecule has 1 aliphatic rings. The van der Waals surface area contributed by atoms with Crippen LogP contribution in [0, 0.1) is 0 Å². The van der Waals surface area contributed by atoms with Crippen LogP contribution in [0.5, 0.6) is 0 Å². The highest BCUT2D eigenvalue weighted by atomic mass is 16.5. The molecule has 0 aliphatic carbocycles. The van der Waals surface area contributed by atoms with Crippen molar-refractivity contribution < 1.29 is 14.6 Å². The molecule has 0 radical (unpaired) electrons. The number of hydrogen-bond acceptors (Lipinski definition) is 4. The van der Waals surface area contributed by atoms with E-state index in [4.69, 9.17) is 9.84 Å². The van der Waals surface area contributed by atoms with Gasteiger partial charge in [-0.05, 0) is 6.42 Å². The van der Waals surface area contributed by atoms with E-state index >= 15 is 0 Å². The predicted octanol–water partition coefficient (Wildman–Crippen LogP) is 0.505. The largest absolute Gasteiger partial charge is 0.481 e. The number of aliphatic carboxylic acids is 1. The average Bonchev–Trinajstić information content (AvgIpc) is 2.33. The minimum atomic E-state index is -0.708. The lowest BCUT2D eigenvalue weighted by Gasteiger charge is -2.34. The van der Waals surface area contributed by atoms with Crippen LogP contribution in [0.4, 0.5) is 0 Å². The third-order valence-corrected chi connectivity index (χ3v) is 3.01. The number of ether oxygens (including phenoxy) is 1.